The molecule has 2 heteroatoms. The Morgan fingerprint density at radius 1 is 0.345 bits per heavy atom. The highest BCUT2D eigenvalue weighted by Gasteiger charge is 2.68. The van der Waals surface area contributed by atoms with Crippen molar-refractivity contribution in [3.8, 4) is 0 Å². The van der Waals surface area contributed by atoms with Crippen LogP contribution in [0.3, 0.4) is 0 Å². The third-order valence-electron chi connectivity index (χ3n) is 34.3. The number of hydrogen-bond donors (Lipinski definition) is 2. The molecule has 2 nitrogen and oxygen atoms in total. The molecule has 12 aliphatic rings. The highest BCUT2D eigenvalue weighted by Crippen LogP contribution is 2.75. The first-order chi connectivity index (χ1) is 39.8. The second-order valence-electron chi connectivity index (χ2n) is 37.5. The molecule has 0 bridgehead atoms. The summed E-state index contributed by atoms with van der Waals surface area (Å²) < 4.78 is 0. The summed E-state index contributed by atoms with van der Waals surface area (Å²) in [6, 6.07) is 0. The lowest BCUT2D eigenvalue weighted by molar-refractivity contribution is -0.198. The molecule has 0 heterocycles. The van der Waals surface area contributed by atoms with Crippen molar-refractivity contribution < 1.29 is 10.2 Å². The number of rotatable bonds is 12. The largest absolute Gasteiger partial charge is 0.396 e. The van der Waals surface area contributed by atoms with Crippen LogP contribution in [0.5, 0.6) is 0 Å². The molecule has 0 aliphatic heterocycles. The normalized spacial score (nSPS) is 54.5. The minimum absolute atomic E-state index is 0.0881. The highest BCUT2D eigenvalue weighted by atomic mass is 16.3. The van der Waals surface area contributed by atoms with Gasteiger partial charge in [0.05, 0.1) is 6.10 Å². The van der Waals surface area contributed by atoms with Gasteiger partial charge in [-0.25, -0.2) is 0 Å². The van der Waals surface area contributed by atoms with Gasteiger partial charge < -0.3 is 10.2 Å². The van der Waals surface area contributed by atoms with Gasteiger partial charge in [-0.2, -0.15) is 0 Å². The second kappa shape index (κ2) is 25.8. The Morgan fingerprint density at radius 2 is 0.631 bits per heavy atom. The van der Waals surface area contributed by atoms with Crippen molar-refractivity contribution in [1.82, 2.24) is 0 Å². The van der Waals surface area contributed by atoms with Gasteiger partial charge in [0.2, 0.25) is 0 Å². The van der Waals surface area contributed by atoms with Crippen molar-refractivity contribution in [3.63, 3.8) is 0 Å². The lowest BCUT2D eigenvalue weighted by Gasteiger charge is -2.65. The Kier molecular flexibility index (Phi) is 20.5. The molecule has 12 rings (SSSR count). The SMILES string of the molecule is CCC[C@@H](C)[C@H]1CC[C@H]2[C@@H]3[C@H](C)[C@H](CC)[C@@H]4C[C@H](C)CC[C@]4(C)[C@H]3CC[C@]12C.CCC[C@@H](C)[C@H]1CC[C@H]2[C@@H]3[C@H](C)[C@H](CC)[C@@H]4C[C@H](C)CC[C@]4(C)[C@H]3CC[C@]12C.CC[C@H]1[C@@H](O)[C@@H]2[C@H](CC[C@]3(C)[C@@H]([C@H](C)CCO)CC[C@@H]23)[C@@]2(C)CC[C@@H](C)C[C@@H]12. The summed E-state index contributed by atoms with van der Waals surface area (Å²) in [5, 5.41) is 21.3. The van der Waals surface area contributed by atoms with Gasteiger partial charge in [0, 0.05) is 6.61 Å². The van der Waals surface area contributed by atoms with E-state index in [1.165, 1.54) is 135 Å². The van der Waals surface area contributed by atoms with Gasteiger partial charge in [-0.15, -0.1) is 0 Å². The van der Waals surface area contributed by atoms with Crippen LogP contribution in [0.4, 0.5) is 0 Å². The zero-order valence-electron chi connectivity index (χ0n) is 59.7. The second-order valence-corrected chi connectivity index (χ2v) is 37.5. The average molecular weight is 1160 g/mol. The number of fused-ring (bicyclic) bond motifs is 15. The third-order valence-corrected chi connectivity index (χ3v) is 34.3. The van der Waals surface area contributed by atoms with Crippen molar-refractivity contribution in [3.05, 3.63) is 0 Å². The van der Waals surface area contributed by atoms with Gasteiger partial charge in [0.15, 0.2) is 0 Å². The monoisotopic (exact) mass is 1160 g/mol. The van der Waals surface area contributed by atoms with Crippen LogP contribution in [-0.4, -0.2) is 22.9 Å². The third kappa shape index (κ3) is 10.9. The molecule has 486 valence electrons. The Balaban J connectivity index is 0.000000140. The maximum atomic E-state index is 11.8. The fraction of sp³-hybridized carbons (Fsp3) is 1.00. The molecule has 12 fully saturated rings. The smallest absolute Gasteiger partial charge is 0.0605 e. The zero-order chi connectivity index (χ0) is 60.8. The number of aliphatic hydroxyl groups is 2. The minimum atomic E-state index is -0.0881. The molecule has 12 saturated carbocycles. The summed E-state index contributed by atoms with van der Waals surface area (Å²) in [6.45, 7) is 49.2. The van der Waals surface area contributed by atoms with Gasteiger partial charge in [0.1, 0.15) is 0 Å². The van der Waals surface area contributed by atoms with E-state index in [0.717, 1.165) is 143 Å². The van der Waals surface area contributed by atoms with E-state index in [2.05, 4.69) is 132 Å². The van der Waals surface area contributed by atoms with Gasteiger partial charge in [-0.1, -0.05) is 196 Å². The molecule has 84 heavy (non-hydrogen) atoms. The van der Waals surface area contributed by atoms with Gasteiger partial charge in [-0.05, 0) is 308 Å². The van der Waals surface area contributed by atoms with Crippen molar-refractivity contribution in [1.29, 1.82) is 0 Å². The first-order valence-electron chi connectivity index (χ1n) is 39.1. The molecule has 0 radical (unpaired) electrons. The summed E-state index contributed by atoms with van der Waals surface area (Å²) in [5.74, 6) is 23.3. The molecular weight excluding hydrogens is 1020 g/mol. The van der Waals surface area contributed by atoms with Crippen LogP contribution < -0.4 is 0 Å². The van der Waals surface area contributed by atoms with Crippen molar-refractivity contribution in [2.45, 2.75) is 324 Å². The van der Waals surface area contributed by atoms with Crippen LogP contribution in [0.1, 0.15) is 318 Å². The van der Waals surface area contributed by atoms with E-state index >= 15 is 0 Å². The summed E-state index contributed by atoms with van der Waals surface area (Å²) in [6.07, 6.45) is 41.4. The van der Waals surface area contributed by atoms with Crippen molar-refractivity contribution >= 4 is 0 Å². The highest BCUT2D eigenvalue weighted by molar-refractivity contribution is 5.17. The summed E-state index contributed by atoms with van der Waals surface area (Å²) in [4.78, 5) is 0. The minimum Gasteiger partial charge on any atom is -0.396 e. The van der Waals surface area contributed by atoms with Crippen LogP contribution in [0, 0.1) is 186 Å². The van der Waals surface area contributed by atoms with Gasteiger partial charge >= 0.3 is 0 Å². The molecular formula is C82H146O2. The molecule has 0 saturated heterocycles. The van der Waals surface area contributed by atoms with E-state index in [1.807, 2.05) is 0 Å². The number of aliphatic hydroxyl groups excluding tert-OH is 2. The average Bonchev–Trinajstić information content (AvgIpc) is 1.90. The van der Waals surface area contributed by atoms with E-state index in [4.69, 9.17) is 0 Å². The predicted molar refractivity (Wildman–Crippen MR) is 360 cm³/mol. The quantitative estimate of drug-likeness (QED) is 0.204. The molecule has 0 aromatic rings. The molecule has 0 aromatic heterocycles. The molecule has 33 atom stereocenters. The standard InChI is InChI=1S/2C28H50.C26H46O2/c2*1-8-10-19(4)22-11-12-23-26-20(5)21(9-2)25-17-18(3)13-15-28(25,7)24(26)14-16-27(22,23)6;1-6-18-22-15-16(2)9-12-26(22,5)21-10-13-25(4)19(17(3)11-14-27)7-8-20(25)23(21)24(18)28/h2*18-26H,8-17H2,1-7H3;16-24,27-28H,6-15H2,1-5H3/t2*18-,19-,20-,21+,22-,23+,24+,25+,26+,27-,28-;16-,17-,18-,19-,20+,21+,22+,23+,24-,25-,26-/m111/s1. The van der Waals surface area contributed by atoms with Crippen LogP contribution in [0.25, 0.3) is 0 Å². The van der Waals surface area contributed by atoms with E-state index in [-0.39, 0.29) is 6.10 Å². The lowest BCUT2D eigenvalue weighted by atomic mass is 9.39. The van der Waals surface area contributed by atoms with Gasteiger partial charge in [0.25, 0.3) is 0 Å². The van der Waals surface area contributed by atoms with E-state index in [9.17, 15) is 10.2 Å². The van der Waals surface area contributed by atoms with Crippen LogP contribution in [0.15, 0.2) is 0 Å². The van der Waals surface area contributed by atoms with Crippen molar-refractivity contribution in [2.24, 2.45) is 186 Å². The Labute approximate surface area is 524 Å². The topological polar surface area (TPSA) is 40.5 Å². The summed E-state index contributed by atoms with van der Waals surface area (Å²) >= 11 is 0. The Hall–Kier alpha value is -0.0800. The van der Waals surface area contributed by atoms with Crippen LogP contribution in [0.2, 0.25) is 0 Å². The van der Waals surface area contributed by atoms with Gasteiger partial charge in [-0.3, -0.25) is 0 Å². The Bertz CT molecular complexity index is 1900. The van der Waals surface area contributed by atoms with Crippen LogP contribution >= 0.6 is 0 Å². The maximum Gasteiger partial charge on any atom is 0.0605 e. The lowest BCUT2D eigenvalue weighted by Crippen LogP contribution is -2.61. The zero-order valence-corrected chi connectivity index (χ0v) is 59.7. The summed E-state index contributed by atoms with van der Waals surface area (Å²) in [5.41, 5.74) is 3.42. The van der Waals surface area contributed by atoms with E-state index in [1.54, 1.807) is 38.5 Å². The molecule has 2 N–H and O–H groups in total. The first-order valence-corrected chi connectivity index (χ1v) is 39.1. The van der Waals surface area contributed by atoms with Crippen molar-refractivity contribution in [2.75, 3.05) is 6.61 Å². The predicted octanol–water partition coefficient (Wildman–Crippen LogP) is 23.1. The van der Waals surface area contributed by atoms with Crippen LogP contribution in [-0.2, 0) is 0 Å². The van der Waals surface area contributed by atoms with E-state index in [0.29, 0.717) is 62.8 Å². The molecule has 0 amide bonds. The summed E-state index contributed by atoms with van der Waals surface area (Å²) in [7, 11) is 0. The molecule has 12 aliphatic carbocycles. The fourth-order valence-corrected chi connectivity index (χ4v) is 30.2. The molecule has 0 aromatic carbocycles. The fourth-order valence-electron chi connectivity index (χ4n) is 30.2. The Morgan fingerprint density at radius 3 is 0.952 bits per heavy atom. The van der Waals surface area contributed by atoms with E-state index < -0.39 is 0 Å². The number of hydrogen-bond acceptors (Lipinski definition) is 2. The molecule has 0 spiro atoms. The maximum absolute atomic E-state index is 11.8. The first kappa shape index (κ1) is 66.8. The molecule has 0 unspecified atom stereocenters.